The summed E-state index contributed by atoms with van der Waals surface area (Å²) in [6, 6.07) is 0. The van der Waals surface area contributed by atoms with Gasteiger partial charge in [0, 0.05) is 5.54 Å². The van der Waals surface area contributed by atoms with Crippen molar-refractivity contribution in [2.45, 2.75) is 38.9 Å². The minimum atomic E-state index is -1.74. The number of methoxy groups -OCH3 is 1. The lowest BCUT2D eigenvalue weighted by atomic mass is 10.2. The molecule has 0 saturated heterocycles. The van der Waals surface area contributed by atoms with Gasteiger partial charge in [-0.25, -0.2) is 4.79 Å². The topological polar surface area (TPSA) is 35.5 Å². The van der Waals surface area contributed by atoms with Gasteiger partial charge in [0.05, 0.1) is 19.3 Å². The Morgan fingerprint density at radius 3 is 2.28 bits per heavy atom. The third kappa shape index (κ3) is 5.37. The van der Waals surface area contributed by atoms with E-state index >= 15 is 0 Å². The Hall–Kier alpha value is -0.583. The van der Waals surface area contributed by atoms with E-state index in [0.717, 1.165) is 0 Å². The van der Waals surface area contributed by atoms with Crippen LogP contribution in [-0.2, 0) is 14.0 Å². The molecule has 0 aromatic carbocycles. The minimum Gasteiger partial charge on any atom is -0.465 e. The van der Waals surface area contributed by atoms with Gasteiger partial charge < -0.3 is 9.16 Å². The SMILES string of the molecule is COC(=O)C(=C\Cl)/C=C/CO[Si](C)(C)C(C)(C)C. The molecule has 0 spiro atoms. The molecule has 0 radical (unpaired) electrons. The van der Waals surface area contributed by atoms with Gasteiger partial charge in [0.15, 0.2) is 8.32 Å². The first kappa shape index (κ1) is 17.4. The number of ether oxygens (including phenoxy) is 1. The van der Waals surface area contributed by atoms with Gasteiger partial charge in [0.1, 0.15) is 0 Å². The van der Waals surface area contributed by atoms with E-state index in [-0.39, 0.29) is 5.04 Å². The van der Waals surface area contributed by atoms with Gasteiger partial charge in [-0.2, -0.15) is 0 Å². The van der Waals surface area contributed by atoms with Gasteiger partial charge in [0.25, 0.3) is 0 Å². The molecule has 0 heterocycles. The number of carbonyl (C=O) groups excluding carboxylic acids is 1. The second-order valence-corrected chi connectivity index (χ2v) is 10.6. The van der Waals surface area contributed by atoms with Crippen LogP contribution in [0.5, 0.6) is 0 Å². The number of rotatable bonds is 5. The van der Waals surface area contributed by atoms with Crippen molar-refractivity contribution < 1.29 is 14.0 Å². The summed E-state index contributed by atoms with van der Waals surface area (Å²) in [5.74, 6) is -0.450. The van der Waals surface area contributed by atoms with E-state index in [1.54, 1.807) is 12.2 Å². The molecule has 5 heteroatoms. The molecule has 0 saturated carbocycles. The van der Waals surface area contributed by atoms with Gasteiger partial charge in [-0.3, -0.25) is 0 Å². The summed E-state index contributed by atoms with van der Waals surface area (Å²) >= 11 is 5.54. The van der Waals surface area contributed by atoms with Crippen LogP contribution < -0.4 is 0 Å². The molecular formula is C13H23ClO3Si. The highest BCUT2D eigenvalue weighted by atomic mass is 35.5. The molecule has 0 aliphatic heterocycles. The van der Waals surface area contributed by atoms with Crippen molar-refractivity contribution in [1.82, 2.24) is 0 Å². The number of hydrogen-bond donors (Lipinski definition) is 0. The molecule has 0 aliphatic carbocycles. The number of hydrogen-bond acceptors (Lipinski definition) is 3. The van der Waals surface area contributed by atoms with Gasteiger partial charge in [0.2, 0.25) is 0 Å². The Bertz CT molecular complexity index is 341. The summed E-state index contributed by atoms with van der Waals surface area (Å²) in [6.07, 6.45) is 3.40. The molecule has 18 heavy (non-hydrogen) atoms. The Morgan fingerprint density at radius 1 is 1.33 bits per heavy atom. The monoisotopic (exact) mass is 290 g/mol. The van der Waals surface area contributed by atoms with E-state index < -0.39 is 14.3 Å². The molecule has 0 atom stereocenters. The van der Waals surface area contributed by atoms with Crippen LogP contribution in [-0.4, -0.2) is 28.0 Å². The Balaban J connectivity index is 4.40. The standard InChI is InChI=1S/C13H23ClO3Si/c1-13(2,3)18(5,6)17-9-7-8-11(10-14)12(15)16-4/h7-8,10H,9H2,1-6H3/b8-7+,11-10-. The van der Waals surface area contributed by atoms with Crippen LogP contribution >= 0.6 is 11.6 Å². The van der Waals surface area contributed by atoms with Crippen molar-refractivity contribution in [3.8, 4) is 0 Å². The lowest BCUT2D eigenvalue weighted by Crippen LogP contribution is -2.40. The fraction of sp³-hybridized carbons (Fsp3) is 0.615. The largest absolute Gasteiger partial charge is 0.465 e. The van der Waals surface area contributed by atoms with Crippen molar-refractivity contribution in [1.29, 1.82) is 0 Å². The quantitative estimate of drug-likeness (QED) is 0.334. The van der Waals surface area contributed by atoms with Gasteiger partial charge >= 0.3 is 5.97 Å². The summed E-state index contributed by atoms with van der Waals surface area (Å²) in [7, 11) is -0.420. The van der Waals surface area contributed by atoms with E-state index in [0.29, 0.717) is 12.2 Å². The average Bonchev–Trinajstić information content (AvgIpc) is 2.26. The van der Waals surface area contributed by atoms with E-state index in [2.05, 4.69) is 38.6 Å². The van der Waals surface area contributed by atoms with Crippen LogP contribution in [0.4, 0.5) is 0 Å². The van der Waals surface area contributed by atoms with Crippen LogP contribution in [0.15, 0.2) is 23.3 Å². The molecule has 0 fully saturated rings. The highest BCUT2D eigenvalue weighted by molar-refractivity contribution is 6.74. The molecule has 0 aromatic heterocycles. The summed E-state index contributed by atoms with van der Waals surface area (Å²) < 4.78 is 10.5. The molecule has 0 amide bonds. The van der Waals surface area contributed by atoms with Crippen molar-refractivity contribution in [3.05, 3.63) is 23.3 Å². The first-order valence-electron chi connectivity index (χ1n) is 5.85. The molecule has 0 N–H and O–H groups in total. The molecule has 0 unspecified atom stereocenters. The van der Waals surface area contributed by atoms with Crippen LogP contribution in [0, 0.1) is 0 Å². The highest BCUT2D eigenvalue weighted by Crippen LogP contribution is 2.36. The third-order valence-corrected chi connectivity index (χ3v) is 7.92. The van der Waals surface area contributed by atoms with Crippen LogP contribution in [0.3, 0.4) is 0 Å². The molecule has 0 aromatic rings. The zero-order chi connectivity index (χ0) is 14.4. The second-order valence-electron chi connectivity index (χ2n) is 5.53. The molecular weight excluding hydrogens is 268 g/mol. The lowest BCUT2D eigenvalue weighted by molar-refractivity contribution is -0.135. The van der Waals surface area contributed by atoms with Crippen molar-refractivity contribution >= 4 is 25.9 Å². The van der Waals surface area contributed by atoms with Crippen molar-refractivity contribution in [2.75, 3.05) is 13.7 Å². The maximum atomic E-state index is 11.2. The predicted octanol–water partition coefficient (Wildman–Crippen LogP) is 3.86. The first-order chi connectivity index (χ1) is 8.15. The van der Waals surface area contributed by atoms with Crippen LogP contribution in [0.25, 0.3) is 0 Å². The number of esters is 1. The fourth-order valence-electron chi connectivity index (χ4n) is 0.915. The van der Waals surface area contributed by atoms with Crippen LogP contribution in [0.2, 0.25) is 18.1 Å². The Labute approximate surface area is 116 Å². The van der Waals surface area contributed by atoms with E-state index in [9.17, 15) is 4.79 Å². The average molecular weight is 291 g/mol. The van der Waals surface area contributed by atoms with Gasteiger partial charge in [-0.1, -0.05) is 38.4 Å². The molecule has 104 valence electrons. The normalized spacial score (nSPS) is 14.1. The maximum Gasteiger partial charge on any atom is 0.338 e. The van der Waals surface area contributed by atoms with Crippen LogP contribution in [0.1, 0.15) is 20.8 Å². The van der Waals surface area contributed by atoms with E-state index in [1.807, 2.05) is 0 Å². The molecule has 3 nitrogen and oxygen atoms in total. The van der Waals surface area contributed by atoms with E-state index in [1.165, 1.54) is 12.6 Å². The predicted molar refractivity (Wildman–Crippen MR) is 78.2 cm³/mol. The Kier molecular flexibility index (Phi) is 6.89. The summed E-state index contributed by atoms with van der Waals surface area (Å²) in [6.45, 7) is 11.4. The fourth-order valence-corrected chi connectivity index (χ4v) is 2.02. The smallest absolute Gasteiger partial charge is 0.338 e. The molecule has 0 aliphatic rings. The number of carbonyl (C=O) groups is 1. The van der Waals surface area contributed by atoms with Gasteiger partial charge in [-0.05, 0) is 24.2 Å². The zero-order valence-electron chi connectivity index (χ0n) is 12.0. The molecule has 0 rings (SSSR count). The van der Waals surface area contributed by atoms with Gasteiger partial charge in [-0.15, -0.1) is 0 Å². The van der Waals surface area contributed by atoms with Crippen molar-refractivity contribution in [3.63, 3.8) is 0 Å². The van der Waals surface area contributed by atoms with E-state index in [4.69, 9.17) is 16.0 Å². The summed E-state index contributed by atoms with van der Waals surface area (Å²) in [4.78, 5) is 11.2. The van der Waals surface area contributed by atoms with Crippen molar-refractivity contribution in [2.24, 2.45) is 0 Å². The molecule has 0 bridgehead atoms. The minimum absolute atomic E-state index is 0.175. The number of halogens is 1. The maximum absolute atomic E-state index is 11.2. The second kappa shape index (κ2) is 7.12. The Morgan fingerprint density at radius 2 is 1.89 bits per heavy atom. The first-order valence-corrected chi connectivity index (χ1v) is 9.19. The third-order valence-electron chi connectivity index (χ3n) is 3.18. The highest BCUT2D eigenvalue weighted by Gasteiger charge is 2.36. The lowest BCUT2D eigenvalue weighted by Gasteiger charge is -2.35. The summed E-state index contributed by atoms with van der Waals surface area (Å²) in [5, 5.41) is 0.175. The summed E-state index contributed by atoms with van der Waals surface area (Å²) in [5.41, 5.74) is 1.52. The zero-order valence-corrected chi connectivity index (χ0v) is 13.8.